The number of aromatic nitrogens is 4. The Hall–Kier alpha value is -2.42. The number of tetrazole rings is 1. The van der Waals surface area contributed by atoms with E-state index in [2.05, 4.69) is 36.7 Å². The summed E-state index contributed by atoms with van der Waals surface area (Å²) < 4.78 is 38.7. The van der Waals surface area contributed by atoms with Crippen LogP contribution in [-0.2, 0) is 13.2 Å². The molecule has 9 heteroatoms. The lowest BCUT2D eigenvalue weighted by atomic mass is 10.1. The van der Waals surface area contributed by atoms with Crippen molar-refractivity contribution in [2.24, 2.45) is 7.05 Å². The lowest BCUT2D eigenvalue weighted by Crippen LogP contribution is -2.04. The van der Waals surface area contributed by atoms with Crippen LogP contribution in [0.5, 0.6) is 0 Å². The number of aryl methyl sites for hydroxylation is 1. The van der Waals surface area contributed by atoms with Crippen LogP contribution in [0.15, 0.2) is 46.9 Å². The SMILES string of the molecule is Cn1nnc(-c2cc(Br)ccc2Nc2ccc(C(F)(F)F)cc2)n1. The van der Waals surface area contributed by atoms with Crippen LogP contribution in [0, 0.1) is 0 Å². The fourth-order valence-electron chi connectivity index (χ4n) is 2.10. The monoisotopic (exact) mass is 397 g/mol. The number of hydrogen-bond acceptors (Lipinski definition) is 4. The average Bonchev–Trinajstić information content (AvgIpc) is 2.95. The summed E-state index contributed by atoms with van der Waals surface area (Å²) in [5.41, 5.74) is 1.17. The van der Waals surface area contributed by atoms with E-state index in [1.54, 1.807) is 13.1 Å². The van der Waals surface area contributed by atoms with Gasteiger partial charge in [-0.2, -0.15) is 18.0 Å². The third kappa shape index (κ3) is 3.56. The van der Waals surface area contributed by atoms with Crippen LogP contribution in [0.4, 0.5) is 24.5 Å². The summed E-state index contributed by atoms with van der Waals surface area (Å²) in [4.78, 5) is 1.33. The molecule has 0 aliphatic carbocycles. The van der Waals surface area contributed by atoms with Crippen LogP contribution >= 0.6 is 15.9 Å². The van der Waals surface area contributed by atoms with Gasteiger partial charge in [-0.25, -0.2) is 0 Å². The van der Waals surface area contributed by atoms with Crippen LogP contribution in [0.2, 0.25) is 0 Å². The van der Waals surface area contributed by atoms with Crippen molar-refractivity contribution in [2.75, 3.05) is 5.32 Å². The molecule has 0 aliphatic heterocycles. The summed E-state index contributed by atoms with van der Waals surface area (Å²) in [5.74, 6) is 0.410. The molecule has 1 heterocycles. The van der Waals surface area contributed by atoms with Crippen LogP contribution in [0.25, 0.3) is 11.4 Å². The minimum Gasteiger partial charge on any atom is -0.355 e. The molecule has 3 aromatic rings. The minimum atomic E-state index is -4.36. The highest BCUT2D eigenvalue weighted by molar-refractivity contribution is 9.10. The summed E-state index contributed by atoms with van der Waals surface area (Å²) in [6, 6.07) is 10.2. The minimum absolute atomic E-state index is 0.410. The number of nitrogens with zero attached hydrogens (tertiary/aromatic N) is 4. The largest absolute Gasteiger partial charge is 0.416 e. The van der Waals surface area contributed by atoms with Gasteiger partial charge in [0.2, 0.25) is 5.82 Å². The molecule has 5 nitrogen and oxygen atoms in total. The summed E-state index contributed by atoms with van der Waals surface area (Å²) in [6.45, 7) is 0. The molecule has 1 N–H and O–H groups in total. The van der Waals surface area contributed by atoms with Crippen molar-refractivity contribution in [3.63, 3.8) is 0 Å². The molecule has 0 amide bonds. The van der Waals surface area contributed by atoms with Gasteiger partial charge >= 0.3 is 6.18 Å². The molecule has 3 rings (SSSR count). The molecule has 0 saturated heterocycles. The van der Waals surface area contributed by atoms with E-state index in [1.807, 2.05) is 12.1 Å². The van der Waals surface area contributed by atoms with E-state index in [1.165, 1.54) is 16.9 Å². The fraction of sp³-hybridized carbons (Fsp3) is 0.133. The van der Waals surface area contributed by atoms with Crippen molar-refractivity contribution in [1.29, 1.82) is 0 Å². The van der Waals surface area contributed by atoms with Crippen molar-refractivity contribution >= 4 is 27.3 Å². The van der Waals surface area contributed by atoms with E-state index in [0.29, 0.717) is 22.8 Å². The van der Waals surface area contributed by atoms with E-state index in [0.717, 1.165) is 16.6 Å². The van der Waals surface area contributed by atoms with Gasteiger partial charge in [-0.1, -0.05) is 15.9 Å². The van der Waals surface area contributed by atoms with Crippen molar-refractivity contribution in [2.45, 2.75) is 6.18 Å². The average molecular weight is 398 g/mol. The Labute approximate surface area is 143 Å². The number of anilines is 2. The summed E-state index contributed by atoms with van der Waals surface area (Å²) in [7, 11) is 1.65. The van der Waals surface area contributed by atoms with Crippen LogP contribution in [0.3, 0.4) is 0 Å². The maximum Gasteiger partial charge on any atom is 0.416 e. The molecule has 0 atom stereocenters. The topological polar surface area (TPSA) is 55.6 Å². The normalized spacial score (nSPS) is 11.5. The first-order valence-electron chi connectivity index (χ1n) is 6.81. The van der Waals surface area contributed by atoms with E-state index < -0.39 is 11.7 Å². The van der Waals surface area contributed by atoms with Crippen LogP contribution < -0.4 is 5.32 Å². The molecule has 0 unspecified atom stereocenters. The number of hydrogen-bond donors (Lipinski definition) is 1. The highest BCUT2D eigenvalue weighted by Crippen LogP contribution is 2.33. The summed E-state index contributed by atoms with van der Waals surface area (Å²) >= 11 is 3.38. The fourth-order valence-corrected chi connectivity index (χ4v) is 2.46. The third-order valence-electron chi connectivity index (χ3n) is 3.22. The Balaban J connectivity index is 1.93. The maximum atomic E-state index is 12.6. The molecule has 0 saturated carbocycles. The number of alkyl halides is 3. The molecular formula is C15H11BrF3N5. The van der Waals surface area contributed by atoms with Crippen LogP contribution in [0.1, 0.15) is 5.56 Å². The maximum absolute atomic E-state index is 12.6. The Morgan fingerprint density at radius 3 is 2.38 bits per heavy atom. The first-order valence-corrected chi connectivity index (χ1v) is 7.60. The molecule has 0 aliphatic rings. The Morgan fingerprint density at radius 2 is 1.79 bits per heavy atom. The van der Waals surface area contributed by atoms with E-state index in [-0.39, 0.29) is 0 Å². The van der Waals surface area contributed by atoms with Crippen molar-refractivity contribution in [3.8, 4) is 11.4 Å². The highest BCUT2D eigenvalue weighted by atomic mass is 79.9. The smallest absolute Gasteiger partial charge is 0.355 e. The quantitative estimate of drug-likeness (QED) is 0.711. The molecule has 1 aromatic heterocycles. The van der Waals surface area contributed by atoms with Crippen molar-refractivity contribution in [3.05, 3.63) is 52.5 Å². The van der Waals surface area contributed by atoms with Gasteiger partial charge in [0, 0.05) is 21.4 Å². The number of benzene rings is 2. The summed E-state index contributed by atoms with van der Waals surface area (Å²) in [5, 5.41) is 15.0. The van der Waals surface area contributed by atoms with Gasteiger partial charge in [-0.05, 0) is 47.7 Å². The molecule has 2 aromatic carbocycles. The van der Waals surface area contributed by atoms with Gasteiger partial charge in [0.15, 0.2) is 0 Å². The van der Waals surface area contributed by atoms with Gasteiger partial charge in [0.1, 0.15) is 0 Å². The number of halogens is 4. The second-order valence-electron chi connectivity index (χ2n) is 4.99. The zero-order valence-electron chi connectivity index (χ0n) is 12.3. The van der Waals surface area contributed by atoms with Crippen molar-refractivity contribution in [1.82, 2.24) is 20.2 Å². The number of rotatable bonds is 3. The number of nitrogens with one attached hydrogen (secondary N) is 1. The Bertz CT molecular complexity index is 858. The van der Waals surface area contributed by atoms with Gasteiger partial charge in [0.05, 0.1) is 12.6 Å². The van der Waals surface area contributed by atoms with Gasteiger partial charge < -0.3 is 5.32 Å². The van der Waals surface area contributed by atoms with Crippen LogP contribution in [-0.4, -0.2) is 20.2 Å². The lowest BCUT2D eigenvalue weighted by Gasteiger charge is -2.12. The van der Waals surface area contributed by atoms with Gasteiger partial charge in [0.25, 0.3) is 0 Å². The zero-order chi connectivity index (χ0) is 17.3. The first kappa shape index (κ1) is 16.4. The van der Waals surface area contributed by atoms with Gasteiger partial charge in [-0.15, -0.1) is 10.2 Å². The molecule has 0 bridgehead atoms. The highest BCUT2D eigenvalue weighted by Gasteiger charge is 2.29. The van der Waals surface area contributed by atoms with Crippen molar-refractivity contribution < 1.29 is 13.2 Å². The Kier molecular flexibility index (Phi) is 4.27. The second kappa shape index (κ2) is 6.23. The lowest BCUT2D eigenvalue weighted by molar-refractivity contribution is -0.137. The standard InChI is InChI=1S/C15H11BrF3N5/c1-24-22-14(21-23-24)12-8-10(16)4-7-13(12)20-11-5-2-9(3-6-11)15(17,18)19/h2-8,20H,1H3. The molecule has 0 radical (unpaired) electrons. The molecule has 0 fully saturated rings. The van der Waals surface area contributed by atoms with Gasteiger partial charge in [-0.3, -0.25) is 0 Å². The predicted octanol–water partition coefficient (Wildman–Crippen LogP) is 4.40. The molecule has 0 spiro atoms. The predicted molar refractivity (Wildman–Crippen MR) is 86.7 cm³/mol. The molecule has 124 valence electrons. The molecular weight excluding hydrogens is 387 g/mol. The van der Waals surface area contributed by atoms with E-state index in [9.17, 15) is 13.2 Å². The summed E-state index contributed by atoms with van der Waals surface area (Å²) in [6.07, 6.45) is -4.36. The Morgan fingerprint density at radius 1 is 1.08 bits per heavy atom. The first-order chi connectivity index (χ1) is 11.3. The van der Waals surface area contributed by atoms with E-state index >= 15 is 0 Å². The zero-order valence-corrected chi connectivity index (χ0v) is 13.9. The third-order valence-corrected chi connectivity index (χ3v) is 3.72. The molecule has 24 heavy (non-hydrogen) atoms. The second-order valence-corrected chi connectivity index (χ2v) is 5.91. The van der Waals surface area contributed by atoms with E-state index in [4.69, 9.17) is 0 Å².